The number of halogens is 2. The fourth-order valence-electron chi connectivity index (χ4n) is 2.41. The lowest BCUT2D eigenvalue weighted by Gasteiger charge is -2.13. The van der Waals surface area contributed by atoms with E-state index < -0.39 is 0 Å². The molecule has 1 unspecified atom stereocenters. The smallest absolute Gasteiger partial charge is 0.197 e. The van der Waals surface area contributed by atoms with Gasteiger partial charge in [-0.3, -0.25) is 0 Å². The minimum Gasteiger partial charge on any atom is -0.493 e. The highest BCUT2D eigenvalue weighted by molar-refractivity contribution is 6.30. The first-order valence-electron chi connectivity index (χ1n) is 6.07. The first kappa shape index (κ1) is 12.9. The second-order valence-electron chi connectivity index (χ2n) is 4.61. The van der Waals surface area contributed by atoms with Gasteiger partial charge in [0, 0.05) is 23.0 Å². The minimum absolute atomic E-state index is 0.238. The molecule has 0 amide bonds. The molecule has 1 aromatic heterocycles. The lowest BCUT2D eigenvalue weighted by molar-refractivity contribution is 0.352. The summed E-state index contributed by atoms with van der Waals surface area (Å²) in [6.07, 6.45) is 3.04. The monoisotopic (exact) mass is 297 g/mol. The molecule has 5 heteroatoms. The minimum atomic E-state index is -0.238. The van der Waals surface area contributed by atoms with Gasteiger partial charge in [-0.2, -0.15) is 0 Å². The van der Waals surface area contributed by atoms with Crippen LogP contribution in [0.25, 0.3) is 0 Å². The summed E-state index contributed by atoms with van der Waals surface area (Å²) in [4.78, 5) is 0. The number of rotatable bonds is 3. The number of ether oxygens (including phenoxy) is 1. The van der Waals surface area contributed by atoms with E-state index in [2.05, 4.69) is 0 Å². The molecule has 19 heavy (non-hydrogen) atoms. The van der Waals surface area contributed by atoms with E-state index in [1.165, 1.54) is 6.26 Å². The van der Waals surface area contributed by atoms with Crippen molar-refractivity contribution in [2.24, 2.45) is 5.73 Å². The maximum atomic E-state index is 6.17. The highest BCUT2D eigenvalue weighted by Crippen LogP contribution is 2.35. The number of hydrogen-bond donors (Lipinski definition) is 1. The highest BCUT2D eigenvalue weighted by atomic mass is 35.5. The summed E-state index contributed by atoms with van der Waals surface area (Å²) in [5.41, 5.74) is 9.14. The van der Waals surface area contributed by atoms with Gasteiger partial charge in [0.25, 0.3) is 0 Å². The molecular weight excluding hydrogens is 285 g/mol. The van der Waals surface area contributed by atoms with E-state index in [-0.39, 0.29) is 6.04 Å². The molecule has 1 aliphatic rings. The van der Waals surface area contributed by atoms with Gasteiger partial charge in [0.1, 0.15) is 5.75 Å². The summed E-state index contributed by atoms with van der Waals surface area (Å²) >= 11 is 12.1. The third-order valence-electron chi connectivity index (χ3n) is 3.31. The van der Waals surface area contributed by atoms with E-state index in [4.69, 9.17) is 38.1 Å². The van der Waals surface area contributed by atoms with E-state index >= 15 is 0 Å². The molecule has 1 atom stereocenters. The Bertz CT molecular complexity index is 609. The van der Waals surface area contributed by atoms with Crippen LogP contribution in [0.15, 0.2) is 28.9 Å². The van der Waals surface area contributed by atoms with Crippen LogP contribution in [-0.2, 0) is 12.8 Å². The van der Waals surface area contributed by atoms with Gasteiger partial charge >= 0.3 is 0 Å². The molecular formula is C14H13Cl2NO2. The van der Waals surface area contributed by atoms with Crippen molar-refractivity contribution in [1.82, 2.24) is 0 Å². The van der Waals surface area contributed by atoms with E-state index in [0.29, 0.717) is 23.3 Å². The van der Waals surface area contributed by atoms with Gasteiger partial charge in [0.2, 0.25) is 0 Å². The average molecular weight is 298 g/mol. The van der Waals surface area contributed by atoms with Gasteiger partial charge in [0.05, 0.1) is 12.9 Å². The van der Waals surface area contributed by atoms with Crippen LogP contribution >= 0.6 is 23.2 Å². The molecule has 0 aliphatic carbocycles. The highest BCUT2D eigenvalue weighted by Gasteiger charge is 2.21. The largest absolute Gasteiger partial charge is 0.493 e. The van der Waals surface area contributed by atoms with Crippen LogP contribution in [0.2, 0.25) is 10.2 Å². The fraction of sp³-hybridized carbons (Fsp3) is 0.286. The number of furan rings is 1. The topological polar surface area (TPSA) is 48.4 Å². The predicted molar refractivity (Wildman–Crippen MR) is 75.0 cm³/mol. The number of benzene rings is 1. The second kappa shape index (κ2) is 5.08. The number of nitrogens with two attached hydrogens (primary N) is 1. The Labute approximate surface area is 121 Å². The van der Waals surface area contributed by atoms with Crippen LogP contribution in [0.1, 0.15) is 22.7 Å². The summed E-state index contributed by atoms with van der Waals surface area (Å²) in [5, 5.41) is 1.05. The van der Waals surface area contributed by atoms with Crippen molar-refractivity contribution in [3.05, 3.63) is 51.4 Å². The zero-order valence-electron chi connectivity index (χ0n) is 10.2. The van der Waals surface area contributed by atoms with Gasteiger partial charge in [-0.05, 0) is 47.3 Å². The molecule has 0 radical (unpaired) electrons. The quantitative estimate of drug-likeness (QED) is 0.938. The van der Waals surface area contributed by atoms with Crippen molar-refractivity contribution < 1.29 is 9.15 Å². The molecule has 0 spiro atoms. The molecule has 2 N–H and O–H groups in total. The molecule has 0 saturated carbocycles. The molecule has 0 fully saturated rings. The molecule has 1 aromatic carbocycles. The Hall–Kier alpha value is -1.16. The Morgan fingerprint density at radius 3 is 2.89 bits per heavy atom. The van der Waals surface area contributed by atoms with Crippen molar-refractivity contribution in [3.8, 4) is 5.75 Å². The van der Waals surface area contributed by atoms with Gasteiger partial charge in [-0.15, -0.1) is 0 Å². The molecule has 1 aliphatic heterocycles. The normalized spacial score (nSPS) is 15.1. The van der Waals surface area contributed by atoms with Crippen LogP contribution in [0.4, 0.5) is 0 Å². The Morgan fingerprint density at radius 1 is 1.32 bits per heavy atom. The van der Waals surface area contributed by atoms with E-state index in [1.54, 1.807) is 6.07 Å². The van der Waals surface area contributed by atoms with Crippen molar-refractivity contribution in [3.63, 3.8) is 0 Å². The predicted octanol–water partition coefficient (Wildman–Crippen LogP) is 3.76. The maximum absolute atomic E-state index is 6.17. The Morgan fingerprint density at radius 2 is 2.16 bits per heavy atom. The molecule has 0 bridgehead atoms. The average Bonchev–Trinajstić information content (AvgIpc) is 2.97. The van der Waals surface area contributed by atoms with Crippen LogP contribution in [0.5, 0.6) is 5.75 Å². The Kier molecular flexibility index (Phi) is 3.44. The van der Waals surface area contributed by atoms with Crippen molar-refractivity contribution in [2.75, 3.05) is 6.61 Å². The summed E-state index contributed by atoms with van der Waals surface area (Å²) in [6, 6.07) is 5.40. The summed E-state index contributed by atoms with van der Waals surface area (Å²) in [6.45, 7) is 0.699. The van der Waals surface area contributed by atoms with Crippen LogP contribution in [0, 0.1) is 0 Å². The molecule has 2 aromatic rings. The lowest BCUT2D eigenvalue weighted by Crippen LogP contribution is -2.13. The second-order valence-corrected chi connectivity index (χ2v) is 5.39. The third-order valence-corrected chi connectivity index (χ3v) is 3.84. The standard InChI is InChI=1S/C14H13Cl2NO2/c15-10-5-8-1-3-18-13(8)9(6-10)7-12(17)11-2-4-19-14(11)16/h2,4-6,12H,1,3,7,17H2. The van der Waals surface area contributed by atoms with Gasteiger partial charge < -0.3 is 14.9 Å². The Balaban J connectivity index is 1.90. The van der Waals surface area contributed by atoms with Crippen molar-refractivity contribution in [1.29, 1.82) is 0 Å². The third kappa shape index (κ3) is 2.46. The first-order valence-corrected chi connectivity index (χ1v) is 6.83. The fourth-order valence-corrected chi connectivity index (χ4v) is 2.93. The van der Waals surface area contributed by atoms with Gasteiger partial charge in [-0.25, -0.2) is 0 Å². The molecule has 100 valence electrons. The summed E-state index contributed by atoms with van der Waals surface area (Å²) in [7, 11) is 0. The van der Waals surface area contributed by atoms with Crippen molar-refractivity contribution in [2.45, 2.75) is 18.9 Å². The van der Waals surface area contributed by atoms with Crippen LogP contribution in [0.3, 0.4) is 0 Å². The van der Waals surface area contributed by atoms with E-state index in [9.17, 15) is 0 Å². The number of fused-ring (bicyclic) bond motifs is 1. The van der Waals surface area contributed by atoms with Crippen LogP contribution < -0.4 is 10.5 Å². The number of hydrogen-bond acceptors (Lipinski definition) is 3. The molecule has 0 saturated heterocycles. The summed E-state index contributed by atoms with van der Waals surface area (Å²) in [5.74, 6) is 0.916. The SMILES string of the molecule is NC(Cc1cc(Cl)cc2c1OCC2)c1ccoc1Cl. The molecule has 2 heterocycles. The summed E-state index contributed by atoms with van der Waals surface area (Å²) < 4.78 is 10.7. The zero-order chi connectivity index (χ0) is 13.4. The van der Waals surface area contributed by atoms with Crippen LogP contribution in [-0.4, -0.2) is 6.61 Å². The van der Waals surface area contributed by atoms with Crippen molar-refractivity contribution >= 4 is 23.2 Å². The van der Waals surface area contributed by atoms with Gasteiger partial charge in [-0.1, -0.05) is 11.6 Å². The lowest BCUT2D eigenvalue weighted by atomic mass is 9.99. The molecule has 3 rings (SSSR count). The van der Waals surface area contributed by atoms with Gasteiger partial charge in [0.15, 0.2) is 5.22 Å². The van der Waals surface area contributed by atoms with E-state index in [1.807, 2.05) is 12.1 Å². The maximum Gasteiger partial charge on any atom is 0.197 e. The van der Waals surface area contributed by atoms with E-state index in [0.717, 1.165) is 28.9 Å². The first-order chi connectivity index (χ1) is 9.15. The molecule has 3 nitrogen and oxygen atoms in total. The zero-order valence-corrected chi connectivity index (χ0v) is 11.7.